The van der Waals surface area contributed by atoms with Gasteiger partial charge in [0.2, 0.25) is 5.43 Å². The van der Waals surface area contributed by atoms with Crippen molar-refractivity contribution in [2.24, 2.45) is 17.3 Å². The first kappa shape index (κ1) is 24.5. The smallest absolute Gasteiger partial charge is 0.307 e. The Labute approximate surface area is 214 Å². The highest BCUT2D eigenvalue weighted by atomic mass is 35.5. The summed E-state index contributed by atoms with van der Waals surface area (Å²) in [4.78, 5) is 38.0. The highest BCUT2D eigenvalue weighted by molar-refractivity contribution is 6.30. The molecule has 2 fully saturated rings. The van der Waals surface area contributed by atoms with Gasteiger partial charge >= 0.3 is 5.97 Å². The summed E-state index contributed by atoms with van der Waals surface area (Å²) in [6.45, 7) is 4.26. The number of halogens is 1. The zero-order chi connectivity index (χ0) is 25.4. The molecule has 2 aliphatic carbocycles. The first-order chi connectivity index (χ1) is 17.3. The SMILES string of the molecule is CCOC(=O)CC(NC(=O)c1ccc(Cl)cc1)C1(C)CC2C[C@H]1C[C@H]2n1ncc(=O)c2ccccc21. The fraction of sp³-hybridized carbons (Fsp3) is 0.429. The Morgan fingerprint density at radius 2 is 1.94 bits per heavy atom. The average molecular weight is 508 g/mol. The van der Waals surface area contributed by atoms with Gasteiger partial charge in [-0.15, -0.1) is 0 Å². The zero-order valence-corrected chi connectivity index (χ0v) is 21.2. The number of aromatic nitrogens is 2. The Bertz CT molecular complexity index is 1350. The maximum absolute atomic E-state index is 13.1. The molecular weight excluding hydrogens is 478 g/mol. The van der Waals surface area contributed by atoms with Crippen LogP contribution in [0.2, 0.25) is 5.02 Å². The molecule has 188 valence electrons. The molecule has 8 heteroatoms. The van der Waals surface area contributed by atoms with Gasteiger partial charge in [-0.3, -0.25) is 19.1 Å². The van der Waals surface area contributed by atoms with E-state index in [4.69, 9.17) is 16.3 Å². The maximum Gasteiger partial charge on any atom is 0.307 e. The molecule has 1 amide bonds. The number of esters is 1. The Kier molecular flexibility index (Phi) is 6.60. The van der Waals surface area contributed by atoms with E-state index in [0.717, 1.165) is 24.8 Å². The first-order valence-corrected chi connectivity index (χ1v) is 12.9. The number of nitrogens with zero attached hydrogens (tertiary/aromatic N) is 2. The lowest BCUT2D eigenvalue weighted by molar-refractivity contribution is -0.144. The minimum atomic E-state index is -0.366. The standard InChI is InChI=1S/C28H30ClN3O4/c1-3-36-26(34)14-25(31-27(35)17-8-10-20(29)11-9-17)28(2)15-18-12-19(28)13-23(18)32-22-7-5-4-6-21(22)24(33)16-30-32/h4-11,16,18-19,23,25H,3,12-15H2,1-2H3,(H,31,35)/t18?,19-,23+,25?,28?/m0/s1. The predicted octanol–water partition coefficient (Wildman–Crippen LogP) is 4.78. The van der Waals surface area contributed by atoms with E-state index < -0.39 is 0 Å². The minimum Gasteiger partial charge on any atom is -0.466 e. The second-order valence-electron chi connectivity index (χ2n) is 10.2. The summed E-state index contributed by atoms with van der Waals surface area (Å²) >= 11 is 5.99. The Morgan fingerprint density at radius 3 is 2.64 bits per heavy atom. The van der Waals surface area contributed by atoms with Crippen LogP contribution in [0, 0.1) is 17.3 Å². The molecule has 1 heterocycles. The fourth-order valence-electron chi connectivity index (χ4n) is 6.39. The van der Waals surface area contributed by atoms with Crippen LogP contribution in [0.25, 0.3) is 10.9 Å². The molecule has 2 aliphatic rings. The molecule has 2 bridgehead atoms. The van der Waals surface area contributed by atoms with Gasteiger partial charge in [0.1, 0.15) is 0 Å². The van der Waals surface area contributed by atoms with Crippen LogP contribution >= 0.6 is 11.6 Å². The number of amides is 1. The largest absolute Gasteiger partial charge is 0.466 e. The van der Waals surface area contributed by atoms with E-state index in [1.807, 2.05) is 28.9 Å². The molecule has 3 aromatic rings. The molecule has 5 rings (SSSR count). The second kappa shape index (κ2) is 9.69. The number of para-hydroxylation sites is 1. The molecule has 0 saturated heterocycles. The van der Waals surface area contributed by atoms with E-state index in [1.54, 1.807) is 31.2 Å². The van der Waals surface area contributed by atoms with E-state index in [9.17, 15) is 14.4 Å². The van der Waals surface area contributed by atoms with Crippen LogP contribution in [0.3, 0.4) is 0 Å². The highest BCUT2D eigenvalue weighted by Crippen LogP contribution is 2.61. The number of hydrogen-bond acceptors (Lipinski definition) is 5. The van der Waals surface area contributed by atoms with Crippen molar-refractivity contribution >= 4 is 34.4 Å². The molecule has 0 radical (unpaired) electrons. The van der Waals surface area contributed by atoms with E-state index >= 15 is 0 Å². The highest BCUT2D eigenvalue weighted by Gasteiger charge is 2.57. The van der Waals surface area contributed by atoms with Gasteiger partial charge in [-0.1, -0.05) is 30.7 Å². The molecule has 1 aromatic heterocycles. The van der Waals surface area contributed by atoms with Crippen LogP contribution < -0.4 is 10.7 Å². The van der Waals surface area contributed by atoms with Crippen molar-refractivity contribution in [2.45, 2.75) is 51.6 Å². The number of fused-ring (bicyclic) bond motifs is 3. The molecule has 2 aromatic carbocycles. The second-order valence-corrected chi connectivity index (χ2v) is 10.7. The third-order valence-electron chi connectivity index (χ3n) is 8.21. The maximum atomic E-state index is 13.1. The third kappa shape index (κ3) is 4.41. The number of carbonyl (C=O) groups is 2. The van der Waals surface area contributed by atoms with Crippen LogP contribution in [0.15, 0.2) is 59.5 Å². The lowest BCUT2D eigenvalue weighted by Gasteiger charge is -2.43. The normalized spacial score (nSPS) is 25.6. The van der Waals surface area contributed by atoms with Gasteiger partial charge in [-0.2, -0.15) is 5.10 Å². The van der Waals surface area contributed by atoms with Crippen molar-refractivity contribution in [3.8, 4) is 0 Å². The summed E-state index contributed by atoms with van der Waals surface area (Å²) in [7, 11) is 0. The topological polar surface area (TPSA) is 90.3 Å². The zero-order valence-electron chi connectivity index (χ0n) is 20.4. The number of rotatable bonds is 7. The fourth-order valence-corrected chi connectivity index (χ4v) is 6.52. The molecule has 7 nitrogen and oxygen atoms in total. The molecule has 36 heavy (non-hydrogen) atoms. The number of carbonyl (C=O) groups excluding carboxylic acids is 2. The molecule has 0 spiro atoms. The van der Waals surface area contributed by atoms with Crippen molar-refractivity contribution in [2.75, 3.05) is 6.61 Å². The summed E-state index contributed by atoms with van der Waals surface area (Å²) in [6.07, 6.45) is 4.23. The number of nitrogens with one attached hydrogen (secondary N) is 1. The van der Waals surface area contributed by atoms with Gasteiger partial charge < -0.3 is 10.1 Å². The molecule has 0 aliphatic heterocycles. The van der Waals surface area contributed by atoms with Gasteiger partial charge in [-0.05, 0) is 79.8 Å². The number of hydrogen-bond donors (Lipinski definition) is 1. The summed E-state index contributed by atoms with van der Waals surface area (Å²) in [5, 5.41) is 8.91. The number of ether oxygens (including phenoxy) is 1. The molecular formula is C28H30ClN3O4. The quantitative estimate of drug-likeness (QED) is 0.465. The van der Waals surface area contributed by atoms with Crippen molar-refractivity contribution in [3.05, 3.63) is 75.5 Å². The van der Waals surface area contributed by atoms with E-state index in [1.165, 1.54) is 6.20 Å². The van der Waals surface area contributed by atoms with E-state index in [2.05, 4.69) is 17.3 Å². The van der Waals surface area contributed by atoms with Gasteiger partial charge in [0.05, 0.1) is 30.8 Å². The van der Waals surface area contributed by atoms with Gasteiger partial charge in [-0.25, -0.2) is 0 Å². The Morgan fingerprint density at radius 1 is 1.19 bits per heavy atom. The monoisotopic (exact) mass is 507 g/mol. The van der Waals surface area contributed by atoms with Crippen molar-refractivity contribution in [1.29, 1.82) is 0 Å². The summed E-state index contributed by atoms with van der Waals surface area (Å²) in [5.74, 6) is 0.0788. The lowest BCUT2D eigenvalue weighted by Crippen LogP contribution is -2.51. The molecule has 3 unspecified atom stereocenters. The predicted molar refractivity (Wildman–Crippen MR) is 138 cm³/mol. The Hall–Kier alpha value is -3.19. The van der Waals surface area contributed by atoms with Crippen LogP contribution in [-0.2, 0) is 9.53 Å². The van der Waals surface area contributed by atoms with Crippen molar-refractivity contribution in [3.63, 3.8) is 0 Å². The summed E-state index contributed by atoms with van der Waals surface area (Å²) < 4.78 is 7.27. The van der Waals surface area contributed by atoms with Crippen molar-refractivity contribution in [1.82, 2.24) is 15.1 Å². The summed E-state index contributed by atoms with van der Waals surface area (Å²) in [6, 6.07) is 14.1. The van der Waals surface area contributed by atoms with Crippen LogP contribution in [0.1, 0.15) is 55.9 Å². The first-order valence-electron chi connectivity index (χ1n) is 12.5. The van der Waals surface area contributed by atoms with Gasteiger partial charge in [0.25, 0.3) is 5.91 Å². The lowest BCUT2D eigenvalue weighted by atomic mass is 9.67. The van der Waals surface area contributed by atoms with Crippen LogP contribution in [0.5, 0.6) is 0 Å². The molecule has 5 atom stereocenters. The third-order valence-corrected chi connectivity index (χ3v) is 8.46. The molecule has 2 saturated carbocycles. The average Bonchev–Trinajstić information content (AvgIpc) is 3.43. The summed E-state index contributed by atoms with van der Waals surface area (Å²) in [5.41, 5.74) is 1.00. The number of benzene rings is 2. The van der Waals surface area contributed by atoms with Gasteiger partial charge in [0, 0.05) is 22.0 Å². The van der Waals surface area contributed by atoms with Crippen LogP contribution in [0.4, 0.5) is 0 Å². The van der Waals surface area contributed by atoms with E-state index in [-0.39, 0.29) is 47.1 Å². The minimum absolute atomic E-state index is 0.0748. The van der Waals surface area contributed by atoms with E-state index in [0.29, 0.717) is 28.5 Å². The molecule has 1 N–H and O–H groups in total. The van der Waals surface area contributed by atoms with Gasteiger partial charge in [0.15, 0.2) is 0 Å². The van der Waals surface area contributed by atoms with Crippen LogP contribution in [-0.4, -0.2) is 34.3 Å². The van der Waals surface area contributed by atoms with Crippen molar-refractivity contribution < 1.29 is 14.3 Å². The Balaban J connectivity index is 1.40.